The third-order valence-electron chi connectivity index (χ3n) is 5.41. The Labute approximate surface area is 164 Å². The average molecular weight is 375 g/mol. The van der Waals surface area contributed by atoms with Gasteiger partial charge in [-0.2, -0.15) is 5.26 Å². The molecule has 0 bridgehead atoms. The Morgan fingerprint density at radius 2 is 1.71 bits per heavy atom. The van der Waals surface area contributed by atoms with Crippen molar-refractivity contribution in [2.45, 2.75) is 6.10 Å². The van der Waals surface area contributed by atoms with Gasteiger partial charge in [0.05, 0.1) is 11.8 Å². The zero-order valence-electron chi connectivity index (χ0n) is 15.6. The lowest BCUT2D eigenvalue weighted by molar-refractivity contribution is 0.109. The number of hydrogen-bond acceptors (Lipinski definition) is 4. The molecule has 1 N–H and O–H groups in total. The number of nitriles is 1. The summed E-state index contributed by atoms with van der Waals surface area (Å²) >= 11 is 0. The predicted molar refractivity (Wildman–Crippen MR) is 109 cm³/mol. The van der Waals surface area contributed by atoms with Crippen LogP contribution in [0.5, 0.6) is 0 Å². The number of aliphatic hydroxyl groups is 1. The van der Waals surface area contributed by atoms with Gasteiger partial charge in [0.2, 0.25) is 0 Å². The van der Waals surface area contributed by atoms with Crippen LogP contribution < -0.4 is 4.90 Å². The van der Waals surface area contributed by atoms with Gasteiger partial charge in [-0.05, 0) is 34.5 Å². The maximum atomic E-state index is 13.9. The van der Waals surface area contributed by atoms with E-state index in [2.05, 4.69) is 17.0 Å². The second kappa shape index (κ2) is 7.97. The van der Waals surface area contributed by atoms with Crippen molar-refractivity contribution in [3.63, 3.8) is 0 Å². The second-order valence-corrected chi connectivity index (χ2v) is 7.16. The highest BCUT2D eigenvalue weighted by molar-refractivity contribution is 5.83. The first-order chi connectivity index (χ1) is 13.7. The van der Waals surface area contributed by atoms with Crippen molar-refractivity contribution >= 4 is 16.5 Å². The fourth-order valence-electron chi connectivity index (χ4n) is 3.82. The molecular formula is C23H22FN3O. The SMILES string of the molecule is N#Cc1c(F)cccc1N1CCN(CC(O)c2ccc3ccccc3c2)CC1. The number of hydrogen-bond donors (Lipinski definition) is 1. The lowest BCUT2D eigenvalue weighted by atomic mass is 10.0. The maximum Gasteiger partial charge on any atom is 0.143 e. The second-order valence-electron chi connectivity index (χ2n) is 7.16. The van der Waals surface area contributed by atoms with Crippen LogP contribution in [0.25, 0.3) is 10.8 Å². The minimum Gasteiger partial charge on any atom is -0.387 e. The maximum absolute atomic E-state index is 13.9. The molecule has 3 aromatic carbocycles. The van der Waals surface area contributed by atoms with E-state index in [-0.39, 0.29) is 5.56 Å². The Bertz CT molecular complexity index is 1020. The van der Waals surface area contributed by atoms with Crippen LogP contribution in [0.4, 0.5) is 10.1 Å². The molecular weight excluding hydrogens is 353 g/mol. The summed E-state index contributed by atoms with van der Waals surface area (Å²) in [5.74, 6) is -0.478. The summed E-state index contributed by atoms with van der Waals surface area (Å²) in [6.07, 6.45) is -0.556. The molecule has 0 amide bonds. The summed E-state index contributed by atoms with van der Waals surface area (Å²) in [6.45, 7) is 3.46. The number of β-amino-alcohol motifs (C(OH)–C–C–N with tert-alkyl or cyclic N) is 1. The van der Waals surface area contributed by atoms with Gasteiger partial charge in [-0.15, -0.1) is 0 Å². The van der Waals surface area contributed by atoms with Crippen molar-refractivity contribution in [2.24, 2.45) is 0 Å². The molecule has 0 saturated carbocycles. The third-order valence-corrected chi connectivity index (χ3v) is 5.41. The molecule has 0 aromatic heterocycles. The highest BCUT2D eigenvalue weighted by Gasteiger charge is 2.22. The molecule has 1 aliphatic rings. The van der Waals surface area contributed by atoms with Gasteiger partial charge >= 0.3 is 0 Å². The van der Waals surface area contributed by atoms with Gasteiger partial charge in [-0.3, -0.25) is 4.90 Å². The number of nitrogens with zero attached hydrogens (tertiary/aromatic N) is 3. The van der Waals surface area contributed by atoms with Gasteiger partial charge in [0.15, 0.2) is 0 Å². The van der Waals surface area contributed by atoms with Crippen LogP contribution in [0.2, 0.25) is 0 Å². The molecule has 1 saturated heterocycles. The van der Waals surface area contributed by atoms with E-state index in [1.165, 1.54) is 6.07 Å². The lowest BCUT2D eigenvalue weighted by Crippen LogP contribution is -2.47. The number of fused-ring (bicyclic) bond motifs is 1. The number of piperazine rings is 1. The van der Waals surface area contributed by atoms with E-state index in [1.807, 2.05) is 41.3 Å². The Balaban J connectivity index is 1.40. The Kier molecular flexibility index (Phi) is 5.25. The summed E-state index contributed by atoms with van der Waals surface area (Å²) in [4.78, 5) is 4.25. The Hall–Kier alpha value is -2.94. The van der Waals surface area contributed by atoms with Gasteiger partial charge in [0.1, 0.15) is 17.4 Å². The molecule has 0 aliphatic carbocycles. The number of aliphatic hydroxyl groups excluding tert-OH is 1. The molecule has 1 atom stereocenters. The molecule has 4 rings (SSSR count). The summed E-state index contributed by atoms with van der Waals surface area (Å²) in [7, 11) is 0. The van der Waals surface area contributed by atoms with E-state index < -0.39 is 11.9 Å². The standard InChI is InChI=1S/C23H22FN3O/c24-21-6-3-7-22(20(21)15-25)27-12-10-26(11-13-27)16-23(28)19-9-8-17-4-1-2-5-18(17)14-19/h1-9,14,23,28H,10-13,16H2. The smallest absolute Gasteiger partial charge is 0.143 e. The number of rotatable bonds is 4. The van der Waals surface area contributed by atoms with Crippen LogP contribution in [0.3, 0.4) is 0 Å². The normalized spacial score (nSPS) is 16.1. The quantitative estimate of drug-likeness (QED) is 0.755. The van der Waals surface area contributed by atoms with Crippen LogP contribution in [0, 0.1) is 17.1 Å². The fourth-order valence-corrected chi connectivity index (χ4v) is 3.82. The first-order valence-electron chi connectivity index (χ1n) is 9.48. The van der Waals surface area contributed by atoms with Crippen LogP contribution in [0.1, 0.15) is 17.2 Å². The number of anilines is 1. The molecule has 1 aliphatic heterocycles. The molecule has 3 aromatic rings. The highest BCUT2D eigenvalue weighted by atomic mass is 19.1. The number of benzene rings is 3. The molecule has 0 radical (unpaired) electrons. The summed E-state index contributed by atoms with van der Waals surface area (Å²) < 4.78 is 13.9. The van der Waals surface area contributed by atoms with Crippen molar-refractivity contribution in [3.05, 3.63) is 77.6 Å². The van der Waals surface area contributed by atoms with E-state index in [0.29, 0.717) is 25.3 Å². The van der Waals surface area contributed by atoms with Gasteiger partial charge in [0, 0.05) is 32.7 Å². The lowest BCUT2D eigenvalue weighted by Gasteiger charge is -2.37. The molecule has 142 valence electrons. The first kappa shape index (κ1) is 18.4. The highest BCUT2D eigenvalue weighted by Crippen LogP contribution is 2.25. The van der Waals surface area contributed by atoms with E-state index >= 15 is 0 Å². The molecule has 0 spiro atoms. The van der Waals surface area contributed by atoms with Crippen LogP contribution in [-0.4, -0.2) is 42.7 Å². The molecule has 1 fully saturated rings. The minimum absolute atomic E-state index is 0.104. The van der Waals surface area contributed by atoms with E-state index in [4.69, 9.17) is 0 Å². The molecule has 1 unspecified atom stereocenters. The zero-order valence-corrected chi connectivity index (χ0v) is 15.6. The molecule has 1 heterocycles. The first-order valence-corrected chi connectivity index (χ1v) is 9.48. The monoisotopic (exact) mass is 375 g/mol. The van der Waals surface area contributed by atoms with Crippen molar-refractivity contribution in [2.75, 3.05) is 37.6 Å². The average Bonchev–Trinajstić information content (AvgIpc) is 2.73. The van der Waals surface area contributed by atoms with Crippen LogP contribution in [0.15, 0.2) is 60.7 Å². The summed E-state index contributed by atoms with van der Waals surface area (Å²) in [5, 5.41) is 22.2. The van der Waals surface area contributed by atoms with Crippen LogP contribution >= 0.6 is 0 Å². The summed E-state index contributed by atoms with van der Waals surface area (Å²) in [6, 6.07) is 20.9. The topological polar surface area (TPSA) is 50.5 Å². The third kappa shape index (κ3) is 3.70. The molecule has 4 nitrogen and oxygen atoms in total. The van der Waals surface area contributed by atoms with E-state index in [9.17, 15) is 14.8 Å². The molecule has 5 heteroatoms. The van der Waals surface area contributed by atoms with Crippen molar-refractivity contribution in [1.82, 2.24) is 4.90 Å². The summed E-state index contributed by atoms with van der Waals surface area (Å²) in [5.41, 5.74) is 1.67. The van der Waals surface area contributed by atoms with Gasteiger partial charge in [0.25, 0.3) is 0 Å². The van der Waals surface area contributed by atoms with E-state index in [0.717, 1.165) is 29.4 Å². The minimum atomic E-state index is -0.556. The zero-order chi connectivity index (χ0) is 19.5. The predicted octanol–water partition coefficient (Wildman–Crippen LogP) is 3.71. The van der Waals surface area contributed by atoms with Gasteiger partial charge in [-0.1, -0.05) is 42.5 Å². The largest absolute Gasteiger partial charge is 0.387 e. The van der Waals surface area contributed by atoms with Crippen molar-refractivity contribution < 1.29 is 9.50 Å². The molecule has 28 heavy (non-hydrogen) atoms. The van der Waals surface area contributed by atoms with Gasteiger partial charge in [-0.25, -0.2) is 4.39 Å². The van der Waals surface area contributed by atoms with E-state index in [1.54, 1.807) is 12.1 Å². The van der Waals surface area contributed by atoms with Crippen molar-refractivity contribution in [1.29, 1.82) is 5.26 Å². The Morgan fingerprint density at radius 1 is 0.964 bits per heavy atom. The van der Waals surface area contributed by atoms with Crippen molar-refractivity contribution in [3.8, 4) is 6.07 Å². The fraction of sp³-hybridized carbons (Fsp3) is 0.261. The number of halogens is 1. The van der Waals surface area contributed by atoms with Crippen LogP contribution in [-0.2, 0) is 0 Å². The Morgan fingerprint density at radius 3 is 2.46 bits per heavy atom. The van der Waals surface area contributed by atoms with Gasteiger partial charge < -0.3 is 10.0 Å².